The molecule has 1 aliphatic rings. The zero-order valence-electron chi connectivity index (χ0n) is 13.3. The zero-order valence-corrected chi connectivity index (χ0v) is 14.9. The van der Waals surface area contributed by atoms with E-state index in [4.69, 9.17) is 4.74 Å². The summed E-state index contributed by atoms with van der Waals surface area (Å²) in [7, 11) is 1.90. The highest BCUT2D eigenvalue weighted by molar-refractivity contribution is 9.10. The van der Waals surface area contributed by atoms with Gasteiger partial charge < -0.3 is 4.74 Å². The summed E-state index contributed by atoms with van der Waals surface area (Å²) in [4.78, 5) is 15.0. The molecule has 5 nitrogen and oxygen atoms in total. The molecule has 0 amide bonds. The molecule has 21 heavy (non-hydrogen) atoms. The van der Waals surface area contributed by atoms with Crippen molar-refractivity contribution in [2.24, 2.45) is 7.05 Å². The van der Waals surface area contributed by atoms with E-state index in [1.165, 1.54) is 0 Å². The summed E-state index contributed by atoms with van der Waals surface area (Å²) in [5, 5.41) is 4.46. The first kappa shape index (κ1) is 16.6. The minimum atomic E-state index is -0.472. The fraction of sp³-hybridized carbons (Fsp3) is 0.733. The topological polar surface area (TPSA) is 47.4 Å². The molecule has 0 spiro atoms. The van der Waals surface area contributed by atoms with Crippen LogP contribution in [0.5, 0.6) is 0 Å². The molecule has 2 heterocycles. The molecule has 0 radical (unpaired) electrons. The number of hydrogen-bond acceptors (Lipinski definition) is 4. The zero-order chi connectivity index (χ0) is 15.6. The Kier molecular flexibility index (Phi) is 5.22. The predicted molar refractivity (Wildman–Crippen MR) is 85.5 cm³/mol. The molecular weight excluding hydrogens is 334 g/mol. The van der Waals surface area contributed by atoms with Gasteiger partial charge >= 0.3 is 0 Å². The van der Waals surface area contributed by atoms with Crippen LogP contribution in [0.25, 0.3) is 0 Å². The number of carbonyl (C=O) groups is 1. The number of hydrogen-bond donors (Lipinski definition) is 0. The van der Waals surface area contributed by atoms with Crippen LogP contribution < -0.4 is 0 Å². The molecule has 2 rings (SSSR count). The lowest BCUT2D eigenvalue weighted by atomic mass is 9.92. The first-order valence-electron chi connectivity index (χ1n) is 7.44. The molecule has 0 N–H and O–H groups in total. The number of ketones is 1. The molecule has 0 aromatic carbocycles. The third-order valence-electron chi connectivity index (χ3n) is 4.31. The quantitative estimate of drug-likeness (QED) is 0.808. The summed E-state index contributed by atoms with van der Waals surface area (Å²) < 4.78 is 8.16. The highest BCUT2D eigenvalue weighted by Gasteiger charge is 2.35. The van der Waals surface area contributed by atoms with E-state index in [0.717, 1.165) is 35.4 Å². The fourth-order valence-corrected chi connectivity index (χ4v) is 3.44. The van der Waals surface area contributed by atoms with E-state index in [0.29, 0.717) is 19.6 Å². The van der Waals surface area contributed by atoms with Gasteiger partial charge in [0.05, 0.1) is 41.0 Å². The van der Waals surface area contributed by atoms with Crippen molar-refractivity contribution in [3.8, 4) is 0 Å². The van der Waals surface area contributed by atoms with Crippen molar-refractivity contribution in [1.82, 2.24) is 14.7 Å². The van der Waals surface area contributed by atoms with E-state index in [2.05, 4.69) is 32.9 Å². The van der Waals surface area contributed by atoms with Crippen molar-refractivity contribution < 1.29 is 9.53 Å². The van der Waals surface area contributed by atoms with Crippen molar-refractivity contribution >= 4 is 21.7 Å². The highest BCUT2D eigenvalue weighted by Crippen LogP contribution is 2.25. The Hall–Kier alpha value is -0.720. The summed E-state index contributed by atoms with van der Waals surface area (Å²) >= 11 is 3.58. The summed E-state index contributed by atoms with van der Waals surface area (Å²) in [6, 6.07) is 0. The van der Waals surface area contributed by atoms with Gasteiger partial charge in [-0.25, -0.2) is 0 Å². The van der Waals surface area contributed by atoms with E-state index in [1.807, 2.05) is 25.6 Å². The molecule has 0 unspecified atom stereocenters. The third kappa shape index (κ3) is 3.38. The lowest BCUT2D eigenvalue weighted by Gasteiger charge is -2.39. The molecule has 1 aromatic heterocycles. The van der Waals surface area contributed by atoms with Gasteiger partial charge in [0.25, 0.3) is 0 Å². The molecular formula is C15H24BrN3O2. The first-order valence-corrected chi connectivity index (χ1v) is 8.23. The number of aryl methyl sites for hydroxylation is 2. The SMILES string of the molecule is CCc1nn(C)c(CC(=O)C(C)(C)N2CCOCC2)c1Br. The molecule has 118 valence electrons. The van der Waals surface area contributed by atoms with E-state index in [-0.39, 0.29) is 5.78 Å². The Morgan fingerprint density at radius 3 is 2.52 bits per heavy atom. The van der Waals surface area contributed by atoms with Crippen LogP contribution in [0.2, 0.25) is 0 Å². The third-order valence-corrected chi connectivity index (χ3v) is 5.23. The van der Waals surface area contributed by atoms with Gasteiger partial charge in [-0.15, -0.1) is 0 Å². The van der Waals surface area contributed by atoms with Crippen LogP contribution in [0.15, 0.2) is 4.47 Å². The Bertz CT molecular complexity index is 519. The number of ether oxygens (including phenoxy) is 1. The summed E-state index contributed by atoms with van der Waals surface area (Å²) in [6.07, 6.45) is 1.25. The van der Waals surface area contributed by atoms with Crippen LogP contribution in [0, 0.1) is 0 Å². The Morgan fingerprint density at radius 1 is 1.38 bits per heavy atom. The van der Waals surface area contributed by atoms with Gasteiger partial charge in [-0.2, -0.15) is 5.10 Å². The van der Waals surface area contributed by atoms with Gasteiger partial charge in [0.1, 0.15) is 0 Å². The molecule has 0 saturated carbocycles. The van der Waals surface area contributed by atoms with Gasteiger partial charge in [0, 0.05) is 20.1 Å². The van der Waals surface area contributed by atoms with Crippen molar-refractivity contribution in [3.05, 3.63) is 15.9 Å². The van der Waals surface area contributed by atoms with E-state index < -0.39 is 5.54 Å². The molecule has 1 fully saturated rings. The van der Waals surface area contributed by atoms with E-state index in [1.54, 1.807) is 0 Å². The average Bonchev–Trinajstić information content (AvgIpc) is 2.75. The molecule has 6 heteroatoms. The van der Waals surface area contributed by atoms with Gasteiger partial charge in [-0.05, 0) is 36.2 Å². The average molecular weight is 358 g/mol. The Labute approximate surface area is 134 Å². The standard InChI is InChI=1S/C15H24BrN3O2/c1-5-11-14(16)12(18(4)17-11)10-13(20)15(2,3)19-6-8-21-9-7-19/h5-10H2,1-4H3. The lowest BCUT2D eigenvalue weighted by molar-refractivity contribution is -0.131. The highest BCUT2D eigenvalue weighted by atomic mass is 79.9. The number of nitrogens with zero attached hydrogens (tertiary/aromatic N) is 3. The maximum absolute atomic E-state index is 12.8. The van der Waals surface area contributed by atoms with E-state index >= 15 is 0 Å². The molecule has 0 bridgehead atoms. The Balaban J connectivity index is 2.15. The Morgan fingerprint density at radius 2 is 2.00 bits per heavy atom. The fourth-order valence-electron chi connectivity index (χ4n) is 2.68. The van der Waals surface area contributed by atoms with Crippen molar-refractivity contribution in [2.45, 2.75) is 39.2 Å². The number of morpholine rings is 1. The minimum Gasteiger partial charge on any atom is -0.379 e. The van der Waals surface area contributed by atoms with Crippen molar-refractivity contribution in [1.29, 1.82) is 0 Å². The van der Waals surface area contributed by atoms with Crippen molar-refractivity contribution in [2.75, 3.05) is 26.3 Å². The summed E-state index contributed by atoms with van der Waals surface area (Å²) in [5.74, 6) is 0.218. The maximum atomic E-state index is 12.8. The lowest BCUT2D eigenvalue weighted by Crippen LogP contribution is -2.55. The minimum absolute atomic E-state index is 0.218. The largest absolute Gasteiger partial charge is 0.379 e. The second-order valence-electron chi connectivity index (χ2n) is 5.94. The van der Waals surface area contributed by atoms with Gasteiger partial charge in [-0.3, -0.25) is 14.4 Å². The van der Waals surface area contributed by atoms with Crippen LogP contribution in [0.3, 0.4) is 0 Å². The van der Waals surface area contributed by atoms with Crippen molar-refractivity contribution in [3.63, 3.8) is 0 Å². The summed E-state index contributed by atoms with van der Waals surface area (Å²) in [5.41, 5.74) is 1.49. The number of aromatic nitrogens is 2. The first-order chi connectivity index (χ1) is 9.87. The predicted octanol–water partition coefficient (Wildman–Crippen LogP) is 1.97. The molecule has 1 saturated heterocycles. The number of halogens is 1. The van der Waals surface area contributed by atoms with Crippen LogP contribution in [0.4, 0.5) is 0 Å². The summed E-state index contributed by atoms with van der Waals surface area (Å²) in [6.45, 7) is 9.10. The van der Waals surface area contributed by atoms with Gasteiger partial charge in [-0.1, -0.05) is 6.92 Å². The van der Waals surface area contributed by atoms with Crippen LogP contribution >= 0.6 is 15.9 Å². The molecule has 1 aromatic rings. The second kappa shape index (κ2) is 6.58. The maximum Gasteiger partial charge on any atom is 0.158 e. The smallest absolute Gasteiger partial charge is 0.158 e. The normalized spacial score (nSPS) is 17.2. The van der Waals surface area contributed by atoms with Gasteiger partial charge in [0.15, 0.2) is 5.78 Å². The van der Waals surface area contributed by atoms with E-state index in [9.17, 15) is 4.79 Å². The van der Waals surface area contributed by atoms with Crippen LogP contribution in [-0.4, -0.2) is 52.3 Å². The van der Waals surface area contributed by atoms with Crippen LogP contribution in [-0.2, 0) is 29.4 Å². The van der Waals surface area contributed by atoms with Gasteiger partial charge in [0.2, 0.25) is 0 Å². The number of Topliss-reactive ketones (excluding diaryl/α,β-unsaturated/α-hetero) is 1. The monoisotopic (exact) mass is 357 g/mol. The molecule has 0 atom stereocenters. The molecule has 0 aliphatic carbocycles. The number of rotatable bonds is 5. The van der Waals surface area contributed by atoms with Crippen LogP contribution in [0.1, 0.15) is 32.2 Å². The number of carbonyl (C=O) groups excluding carboxylic acids is 1. The molecule has 1 aliphatic heterocycles. The second-order valence-corrected chi connectivity index (χ2v) is 6.74.